The zero-order chi connectivity index (χ0) is 14.8. The lowest BCUT2D eigenvalue weighted by molar-refractivity contribution is 0.172. The second-order valence-corrected chi connectivity index (χ2v) is 5.37. The smallest absolute Gasteiger partial charge is 0.280 e. The van der Waals surface area contributed by atoms with Crippen LogP contribution in [0.25, 0.3) is 11.0 Å². The highest BCUT2D eigenvalue weighted by Gasteiger charge is 2.26. The summed E-state index contributed by atoms with van der Waals surface area (Å²) in [4.78, 5) is 12.4. The van der Waals surface area contributed by atoms with E-state index in [-0.39, 0.29) is 11.6 Å². The van der Waals surface area contributed by atoms with Gasteiger partial charge < -0.3 is 10.1 Å². The molecule has 1 N–H and O–H groups in total. The fourth-order valence-electron chi connectivity index (χ4n) is 2.79. The van der Waals surface area contributed by atoms with Crippen molar-refractivity contribution in [1.29, 1.82) is 0 Å². The highest BCUT2D eigenvalue weighted by Crippen LogP contribution is 2.17. The first-order valence-electron chi connectivity index (χ1n) is 7.27. The number of aryl methyl sites for hydroxylation is 1. The van der Waals surface area contributed by atoms with Crippen LogP contribution in [-0.2, 0) is 18.3 Å². The van der Waals surface area contributed by atoms with Gasteiger partial charge >= 0.3 is 0 Å². The Labute approximate surface area is 122 Å². The van der Waals surface area contributed by atoms with Gasteiger partial charge in [-0.05, 0) is 13.0 Å². The molecule has 1 aliphatic rings. The number of hydrogen-bond acceptors (Lipinski definition) is 6. The monoisotopic (exact) mass is 292 g/mol. The average molecular weight is 292 g/mol. The van der Waals surface area contributed by atoms with E-state index in [0.29, 0.717) is 23.5 Å². The molecule has 8 heteroatoms. The zero-order valence-corrected chi connectivity index (χ0v) is 12.3. The third kappa shape index (κ3) is 2.68. The molecule has 0 aromatic carbocycles. The van der Waals surface area contributed by atoms with Crippen molar-refractivity contribution in [2.45, 2.75) is 25.9 Å². The van der Waals surface area contributed by atoms with E-state index < -0.39 is 0 Å². The largest absolute Gasteiger partial charge is 0.381 e. The van der Waals surface area contributed by atoms with Gasteiger partial charge in [-0.3, -0.25) is 4.79 Å². The molecule has 21 heavy (non-hydrogen) atoms. The summed E-state index contributed by atoms with van der Waals surface area (Å²) in [5.74, 6) is 0.406. The zero-order valence-electron chi connectivity index (χ0n) is 12.3. The van der Waals surface area contributed by atoms with Gasteiger partial charge in [0.2, 0.25) is 0 Å². The van der Waals surface area contributed by atoms with Gasteiger partial charge in [-0.15, -0.1) is 5.10 Å². The van der Waals surface area contributed by atoms with E-state index >= 15 is 0 Å². The normalized spacial score (nSPS) is 20.2. The van der Waals surface area contributed by atoms with Gasteiger partial charge in [0.05, 0.1) is 19.3 Å². The van der Waals surface area contributed by atoms with E-state index in [0.717, 1.165) is 26.2 Å². The Morgan fingerprint density at radius 1 is 1.57 bits per heavy atom. The molecule has 2 aromatic heterocycles. The second kappa shape index (κ2) is 5.90. The first-order valence-corrected chi connectivity index (χ1v) is 7.27. The number of nitrogens with zero attached hydrogens (tertiary/aromatic N) is 5. The van der Waals surface area contributed by atoms with Crippen LogP contribution in [0.1, 0.15) is 13.3 Å². The Hall–Kier alpha value is -1.80. The van der Waals surface area contributed by atoms with Crippen molar-refractivity contribution in [2.75, 3.05) is 19.8 Å². The van der Waals surface area contributed by atoms with E-state index in [4.69, 9.17) is 4.74 Å². The molecule has 1 saturated heterocycles. The summed E-state index contributed by atoms with van der Waals surface area (Å²) >= 11 is 0. The van der Waals surface area contributed by atoms with Gasteiger partial charge in [0, 0.05) is 25.6 Å². The number of ether oxygens (including phenoxy) is 1. The predicted molar refractivity (Wildman–Crippen MR) is 77.0 cm³/mol. The van der Waals surface area contributed by atoms with Crippen molar-refractivity contribution in [2.24, 2.45) is 13.0 Å². The van der Waals surface area contributed by atoms with Crippen LogP contribution in [-0.4, -0.2) is 50.6 Å². The molecule has 114 valence electrons. The van der Waals surface area contributed by atoms with Crippen LogP contribution in [0.3, 0.4) is 0 Å². The molecule has 8 nitrogen and oxygen atoms in total. The maximum absolute atomic E-state index is 12.4. The predicted octanol–water partition coefficient (Wildman–Crippen LogP) is -0.460. The van der Waals surface area contributed by atoms with E-state index in [1.165, 1.54) is 4.68 Å². The summed E-state index contributed by atoms with van der Waals surface area (Å²) in [6.07, 6.45) is 2.55. The SMILES string of the molecule is CCNC(Cn1nnc2c(cnn2C)c1=O)C1CCOC1. The minimum absolute atomic E-state index is 0.144. The number of fused-ring (bicyclic) bond motifs is 1. The van der Waals surface area contributed by atoms with Gasteiger partial charge in [0.1, 0.15) is 5.39 Å². The molecule has 3 heterocycles. The number of hydrogen-bond donors (Lipinski definition) is 1. The van der Waals surface area contributed by atoms with Crippen LogP contribution < -0.4 is 10.9 Å². The number of rotatable bonds is 5. The minimum Gasteiger partial charge on any atom is -0.381 e. The Bertz CT molecular complexity index is 673. The van der Waals surface area contributed by atoms with Gasteiger partial charge in [-0.2, -0.15) is 5.10 Å². The lowest BCUT2D eigenvalue weighted by atomic mass is 9.99. The van der Waals surface area contributed by atoms with Gasteiger partial charge in [-0.1, -0.05) is 12.1 Å². The van der Waals surface area contributed by atoms with Gasteiger partial charge in [0.15, 0.2) is 5.65 Å². The van der Waals surface area contributed by atoms with Crippen molar-refractivity contribution in [1.82, 2.24) is 30.1 Å². The molecule has 1 fully saturated rings. The first-order chi connectivity index (χ1) is 10.2. The molecule has 0 aliphatic carbocycles. The molecule has 0 saturated carbocycles. The van der Waals surface area contributed by atoms with Crippen LogP contribution in [0, 0.1) is 5.92 Å². The molecule has 0 bridgehead atoms. The Morgan fingerprint density at radius 2 is 2.43 bits per heavy atom. The standard InChI is InChI=1S/C13H20N6O2/c1-3-14-11(9-4-5-21-8-9)7-19-13(20)10-6-15-18(2)12(10)16-17-19/h6,9,11,14H,3-5,7-8H2,1-2H3. The summed E-state index contributed by atoms with van der Waals surface area (Å²) in [6.45, 7) is 4.92. The van der Waals surface area contributed by atoms with Crippen molar-refractivity contribution < 1.29 is 4.74 Å². The highest BCUT2D eigenvalue weighted by molar-refractivity contribution is 5.72. The van der Waals surface area contributed by atoms with E-state index in [1.54, 1.807) is 17.9 Å². The second-order valence-electron chi connectivity index (χ2n) is 5.37. The van der Waals surface area contributed by atoms with Crippen LogP contribution in [0.4, 0.5) is 0 Å². The third-order valence-electron chi connectivity index (χ3n) is 3.99. The summed E-state index contributed by atoms with van der Waals surface area (Å²) in [5, 5.41) is 16.1. The average Bonchev–Trinajstić information content (AvgIpc) is 3.12. The Morgan fingerprint density at radius 3 is 3.14 bits per heavy atom. The van der Waals surface area contributed by atoms with Crippen LogP contribution in [0.2, 0.25) is 0 Å². The van der Waals surface area contributed by atoms with E-state index in [9.17, 15) is 4.79 Å². The molecular formula is C13H20N6O2. The molecular weight excluding hydrogens is 272 g/mol. The van der Waals surface area contributed by atoms with E-state index in [1.807, 2.05) is 0 Å². The highest BCUT2D eigenvalue weighted by atomic mass is 16.5. The summed E-state index contributed by atoms with van der Waals surface area (Å²) in [7, 11) is 1.75. The quantitative estimate of drug-likeness (QED) is 0.802. The van der Waals surface area contributed by atoms with Crippen molar-refractivity contribution >= 4 is 11.0 Å². The minimum atomic E-state index is -0.144. The molecule has 0 radical (unpaired) electrons. The molecule has 0 amide bonds. The van der Waals surface area contributed by atoms with Crippen molar-refractivity contribution in [3.05, 3.63) is 16.6 Å². The number of nitrogens with one attached hydrogen (secondary N) is 1. The fraction of sp³-hybridized carbons (Fsp3) is 0.692. The maximum atomic E-state index is 12.4. The summed E-state index contributed by atoms with van der Waals surface area (Å²) < 4.78 is 8.43. The van der Waals surface area contributed by atoms with Crippen LogP contribution in [0.5, 0.6) is 0 Å². The number of likely N-dealkylation sites (N-methyl/N-ethyl adjacent to an activating group) is 1. The van der Waals surface area contributed by atoms with Crippen LogP contribution >= 0.6 is 0 Å². The lowest BCUT2D eigenvalue weighted by Crippen LogP contribution is -2.43. The van der Waals surface area contributed by atoms with E-state index in [2.05, 4.69) is 27.7 Å². The molecule has 2 unspecified atom stereocenters. The van der Waals surface area contributed by atoms with Gasteiger partial charge in [0.25, 0.3) is 5.56 Å². The summed E-state index contributed by atoms with van der Waals surface area (Å²) in [5.41, 5.74) is 0.371. The topological polar surface area (TPSA) is 86.9 Å². The maximum Gasteiger partial charge on any atom is 0.280 e. The van der Waals surface area contributed by atoms with Crippen molar-refractivity contribution in [3.63, 3.8) is 0 Å². The fourth-order valence-corrected chi connectivity index (χ4v) is 2.79. The molecule has 3 rings (SSSR count). The first kappa shape index (κ1) is 14.2. The molecule has 2 atom stereocenters. The number of aromatic nitrogens is 5. The lowest BCUT2D eigenvalue weighted by Gasteiger charge is -2.23. The third-order valence-corrected chi connectivity index (χ3v) is 3.99. The van der Waals surface area contributed by atoms with Gasteiger partial charge in [-0.25, -0.2) is 9.36 Å². The Kier molecular flexibility index (Phi) is 3.98. The van der Waals surface area contributed by atoms with Crippen LogP contribution in [0.15, 0.2) is 11.0 Å². The molecule has 0 spiro atoms. The summed E-state index contributed by atoms with van der Waals surface area (Å²) in [6, 6.07) is 0.165. The van der Waals surface area contributed by atoms with Crippen molar-refractivity contribution in [3.8, 4) is 0 Å². The molecule has 2 aromatic rings. The Balaban J connectivity index is 1.88. The molecule has 1 aliphatic heterocycles.